The van der Waals surface area contributed by atoms with E-state index in [2.05, 4.69) is 39.8 Å². The van der Waals surface area contributed by atoms with E-state index >= 15 is 0 Å². The summed E-state index contributed by atoms with van der Waals surface area (Å²) in [6.07, 6.45) is 1.37. The molecule has 0 aliphatic carbocycles. The summed E-state index contributed by atoms with van der Waals surface area (Å²) in [5, 5.41) is 0.105. The van der Waals surface area contributed by atoms with Crippen molar-refractivity contribution in [2.75, 3.05) is 6.61 Å². The SMILES string of the molecule is CC1OCCC1C(Cl)c1ccc(C(C)(C)C)s1. The lowest BCUT2D eigenvalue weighted by molar-refractivity contribution is 0.105. The summed E-state index contributed by atoms with van der Waals surface area (Å²) in [7, 11) is 0. The van der Waals surface area contributed by atoms with Crippen LogP contribution in [0, 0.1) is 5.92 Å². The predicted molar refractivity (Wildman–Crippen MR) is 75.1 cm³/mol. The first-order valence-corrected chi connectivity index (χ1v) is 7.51. The molecule has 0 amide bonds. The summed E-state index contributed by atoms with van der Waals surface area (Å²) in [6.45, 7) is 9.71. The first kappa shape index (κ1) is 13.4. The molecule has 3 unspecified atom stereocenters. The molecule has 1 aliphatic heterocycles. The Morgan fingerprint density at radius 2 is 2.12 bits per heavy atom. The molecule has 1 nitrogen and oxygen atoms in total. The second-order valence-corrected chi connectivity index (χ2v) is 7.47. The second-order valence-electron chi connectivity index (χ2n) is 5.88. The van der Waals surface area contributed by atoms with Crippen molar-refractivity contribution in [3.8, 4) is 0 Å². The van der Waals surface area contributed by atoms with Crippen molar-refractivity contribution < 1.29 is 4.74 Å². The van der Waals surface area contributed by atoms with Crippen molar-refractivity contribution in [3.05, 3.63) is 21.9 Å². The number of alkyl halides is 1. The Labute approximate surface area is 113 Å². The molecule has 96 valence electrons. The van der Waals surface area contributed by atoms with E-state index in [9.17, 15) is 0 Å². The van der Waals surface area contributed by atoms with E-state index < -0.39 is 0 Å². The van der Waals surface area contributed by atoms with Crippen LogP contribution in [-0.4, -0.2) is 12.7 Å². The van der Waals surface area contributed by atoms with E-state index in [0.29, 0.717) is 5.92 Å². The van der Waals surface area contributed by atoms with Crippen molar-refractivity contribution in [1.82, 2.24) is 0 Å². The second kappa shape index (κ2) is 4.91. The minimum Gasteiger partial charge on any atom is -0.378 e. The minimum absolute atomic E-state index is 0.105. The molecule has 0 saturated carbocycles. The van der Waals surface area contributed by atoms with E-state index in [-0.39, 0.29) is 16.9 Å². The van der Waals surface area contributed by atoms with Crippen LogP contribution in [0.4, 0.5) is 0 Å². The molecule has 2 rings (SSSR count). The average Bonchev–Trinajstić information content (AvgIpc) is 2.83. The molecule has 0 bridgehead atoms. The maximum Gasteiger partial charge on any atom is 0.0732 e. The summed E-state index contributed by atoms with van der Waals surface area (Å²) < 4.78 is 5.60. The van der Waals surface area contributed by atoms with Crippen LogP contribution in [0.3, 0.4) is 0 Å². The molecule has 1 fully saturated rings. The number of hydrogen-bond donors (Lipinski definition) is 0. The Morgan fingerprint density at radius 1 is 1.41 bits per heavy atom. The van der Waals surface area contributed by atoms with Gasteiger partial charge in [-0.3, -0.25) is 0 Å². The lowest BCUT2D eigenvalue weighted by Crippen LogP contribution is -2.15. The van der Waals surface area contributed by atoms with Crippen LogP contribution in [0.1, 0.15) is 49.2 Å². The van der Waals surface area contributed by atoms with E-state index in [1.54, 1.807) is 0 Å². The quantitative estimate of drug-likeness (QED) is 0.706. The Kier molecular flexibility index (Phi) is 3.86. The Balaban J connectivity index is 2.14. The van der Waals surface area contributed by atoms with E-state index in [0.717, 1.165) is 13.0 Å². The van der Waals surface area contributed by atoms with Gasteiger partial charge in [0.2, 0.25) is 0 Å². The molecule has 0 spiro atoms. The third kappa shape index (κ3) is 2.86. The van der Waals surface area contributed by atoms with Crippen LogP contribution in [0.15, 0.2) is 12.1 Å². The van der Waals surface area contributed by atoms with Gasteiger partial charge in [0, 0.05) is 22.3 Å². The predicted octanol–water partition coefficient (Wildman–Crippen LogP) is 4.75. The monoisotopic (exact) mass is 272 g/mol. The molecule has 0 N–H and O–H groups in total. The molecule has 17 heavy (non-hydrogen) atoms. The van der Waals surface area contributed by atoms with Gasteiger partial charge in [-0.05, 0) is 30.9 Å². The summed E-state index contributed by atoms with van der Waals surface area (Å²) in [5.41, 5.74) is 0.220. The minimum atomic E-state index is 0.105. The van der Waals surface area contributed by atoms with Gasteiger partial charge in [-0.2, -0.15) is 0 Å². The fourth-order valence-corrected chi connectivity index (χ4v) is 3.90. The van der Waals surface area contributed by atoms with Crippen LogP contribution in [0.2, 0.25) is 0 Å². The molecule has 1 aliphatic rings. The molecule has 2 heterocycles. The highest BCUT2D eigenvalue weighted by atomic mass is 35.5. The van der Waals surface area contributed by atoms with Crippen molar-refractivity contribution >= 4 is 22.9 Å². The summed E-state index contributed by atoms with van der Waals surface area (Å²) in [5.74, 6) is 0.461. The normalized spacial score (nSPS) is 27.4. The van der Waals surface area contributed by atoms with Crippen molar-refractivity contribution in [1.29, 1.82) is 0 Å². The van der Waals surface area contributed by atoms with Gasteiger partial charge in [0.15, 0.2) is 0 Å². The smallest absolute Gasteiger partial charge is 0.0732 e. The summed E-state index contributed by atoms with van der Waals surface area (Å²) in [4.78, 5) is 2.70. The Morgan fingerprint density at radius 3 is 2.59 bits per heavy atom. The van der Waals surface area contributed by atoms with Gasteiger partial charge in [0.25, 0.3) is 0 Å². The molecule has 0 radical (unpaired) electrons. The number of thiophene rings is 1. The topological polar surface area (TPSA) is 9.23 Å². The van der Waals surface area contributed by atoms with Crippen LogP contribution in [0.5, 0.6) is 0 Å². The van der Waals surface area contributed by atoms with Crippen molar-refractivity contribution in [3.63, 3.8) is 0 Å². The number of halogens is 1. The van der Waals surface area contributed by atoms with Crippen molar-refractivity contribution in [2.24, 2.45) is 5.92 Å². The fourth-order valence-electron chi connectivity index (χ4n) is 2.25. The molecule has 3 atom stereocenters. The van der Waals surface area contributed by atoms with E-state index in [1.807, 2.05) is 11.3 Å². The summed E-state index contributed by atoms with van der Waals surface area (Å²) >= 11 is 8.45. The zero-order valence-corrected chi connectivity index (χ0v) is 12.6. The first-order valence-electron chi connectivity index (χ1n) is 6.25. The summed E-state index contributed by atoms with van der Waals surface area (Å²) in [6, 6.07) is 4.41. The molecule has 3 heteroatoms. The zero-order valence-electron chi connectivity index (χ0n) is 11.0. The van der Waals surface area contributed by atoms with Crippen LogP contribution >= 0.6 is 22.9 Å². The Bertz CT molecular complexity index is 380. The highest BCUT2D eigenvalue weighted by Gasteiger charge is 2.32. The highest BCUT2D eigenvalue weighted by molar-refractivity contribution is 7.12. The van der Waals surface area contributed by atoms with Gasteiger partial charge in [-0.25, -0.2) is 0 Å². The standard InChI is InChI=1S/C14H21ClOS/c1-9-10(7-8-16-9)13(15)11-5-6-12(17-11)14(2,3)4/h5-6,9-10,13H,7-8H2,1-4H3. The molecular formula is C14H21ClOS. The molecule has 0 aromatic carbocycles. The van der Waals surface area contributed by atoms with Crippen molar-refractivity contribution in [2.45, 2.75) is 51.0 Å². The third-order valence-electron chi connectivity index (χ3n) is 3.45. The van der Waals surface area contributed by atoms with Gasteiger partial charge in [0.05, 0.1) is 11.5 Å². The van der Waals surface area contributed by atoms with Crippen LogP contribution in [-0.2, 0) is 10.2 Å². The van der Waals surface area contributed by atoms with Gasteiger partial charge >= 0.3 is 0 Å². The third-order valence-corrected chi connectivity index (χ3v) is 5.73. The fraction of sp³-hybridized carbons (Fsp3) is 0.714. The maximum atomic E-state index is 6.60. The van der Waals surface area contributed by atoms with Gasteiger partial charge in [-0.1, -0.05) is 20.8 Å². The molecule has 1 aromatic rings. The van der Waals surface area contributed by atoms with Gasteiger partial charge in [0.1, 0.15) is 0 Å². The molecule has 1 aromatic heterocycles. The van der Waals surface area contributed by atoms with Crippen LogP contribution in [0.25, 0.3) is 0 Å². The van der Waals surface area contributed by atoms with E-state index in [4.69, 9.17) is 16.3 Å². The number of rotatable bonds is 2. The van der Waals surface area contributed by atoms with Gasteiger partial charge < -0.3 is 4.74 Å². The average molecular weight is 273 g/mol. The largest absolute Gasteiger partial charge is 0.378 e. The lowest BCUT2D eigenvalue weighted by Gasteiger charge is -2.19. The first-order chi connectivity index (χ1) is 7.89. The maximum absolute atomic E-state index is 6.60. The molecule has 1 saturated heterocycles. The molecular weight excluding hydrogens is 252 g/mol. The number of hydrogen-bond acceptors (Lipinski definition) is 2. The zero-order chi connectivity index (χ0) is 12.6. The van der Waals surface area contributed by atoms with E-state index in [1.165, 1.54) is 9.75 Å². The number of ether oxygens (including phenoxy) is 1. The van der Waals surface area contributed by atoms with Gasteiger partial charge in [-0.15, -0.1) is 22.9 Å². The lowest BCUT2D eigenvalue weighted by atomic mass is 9.94. The highest BCUT2D eigenvalue weighted by Crippen LogP contribution is 2.42. The van der Waals surface area contributed by atoms with Crippen LogP contribution < -0.4 is 0 Å². The Hall–Kier alpha value is -0.0500.